The van der Waals surface area contributed by atoms with E-state index >= 15 is 0 Å². The molecule has 1 aliphatic carbocycles. The Bertz CT molecular complexity index is 835. The van der Waals surface area contributed by atoms with Gasteiger partial charge in [-0.1, -0.05) is 6.07 Å². The molecule has 0 bridgehead atoms. The third-order valence-electron chi connectivity index (χ3n) is 4.55. The Morgan fingerprint density at radius 3 is 2.95 bits per heavy atom. The second-order valence-corrected chi connectivity index (χ2v) is 8.28. The van der Waals surface area contributed by atoms with Gasteiger partial charge in [0, 0.05) is 36.5 Å². The molecule has 1 aromatic carbocycles. The van der Waals surface area contributed by atoms with Crippen LogP contribution in [0.3, 0.4) is 0 Å². The molecule has 0 atom stereocenters. The van der Waals surface area contributed by atoms with Crippen molar-refractivity contribution >= 4 is 15.5 Å². The summed E-state index contributed by atoms with van der Waals surface area (Å²) < 4.78 is 25.9. The van der Waals surface area contributed by atoms with Crippen molar-refractivity contribution in [2.24, 2.45) is 7.05 Å². The fourth-order valence-corrected chi connectivity index (χ4v) is 4.81. The van der Waals surface area contributed by atoms with Crippen LogP contribution in [0.15, 0.2) is 29.3 Å². The molecule has 1 aliphatic heterocycles. The summed E-state index contributed by atoms with van der Waals surface area (Å²) >= 11 is 0. The minimum Gasteiger partial charge on any atom is -0.381 e. The van der Waals surface area contributed by atoms with E-state index < -0.39 is 9.84 Å². The highest BCUT2D eigenvalue weighted by molar-refractivity contribution is 7.91. The number of aryl methyl sites for hydroxylation is 2. The van der Waals surface area contributed by atoms with Gasteiger partial charge in [0.05, 0.1) is 16.8 Å². The third-order valence-corrected chi connectivity index (χ3v) is 6.35. The maximum absolute atomic E-state index is 12.0. The van der Waals surface area contributed by atoms with Crippen molar-refractivity contribution in [1.82, 2.24) is 9.78 Å². The molecule has 4 rings (SSSR count). The van der Waals surface area contributed by atoms with Crippen LogP contribution in [0.2, 0.25) is 0 Å². The molecule has 0 saturated heterocycles. The van der Waals surface area contributed by atoms with Gasteiger partial charge >= 0.3 is 0 Å². The summed E-state index contributed by atoms with van der Waals surface area (Å²) in [5.74, 6) is 0.880. The highest BCUT2D eigenvalue weighted by Gasteiger charge is 2.29. The van der Waals surface area contributed by atoms with Gasteiger partial charge in [-0.3, -0.25) is 4.68 Å². The Kier molecular flexibility index (Phi) is 3.04. The molecule has 22 heavy (non-hydrogen) atoms. The molecule has 5 nitrogen and oxygen atoms in total. The number of rotatable bonds is 4. The van der Waals surface area contributed by atoms with Crippen LogP contribution in [0.25, 0.3) is 0 Å². The topological polar surface area (TPSA) is 64.0 Å². The Morgan fingerprint density at radius 1 is 1.36 bits per heavy atom. The summed E-state index contributed by atoms with van der Waals surface area (Å²) in [4.78, 5) is 0.492. The lowest BCUT2D eigenvalue weighted by Crippen LogP contribution is -2.04. The smallest absolute Gasteiger partial charge is 0.179 e. The molecule has 1 saturated carbocycles. The van der Waals surface area contributed by atoms with Crippen molar-refractivity contribution in [2.75, 3.05) is 11.1 Å². The van der Waals surface area contributed by atoms with Crippen LogP contribution in [0.1, 0.15) is 35.6 Å². The standard InChI is InChI=1S/C16H19N3O2S/c1-19-16(12-2-3-12)13(10-18-19)9-17-14-5-4-11-6-7-22(20,21)15(11)8-14/h4-5,8,10,12,17H,2-3,6-7,9H2,1H3. The zero-order valence-corrected chi connectivity index (χ0v) is 13.4. The summed E-state index contributed by atoms with van der Waals surface area (Å²) in [6, 6.07) is 5.66. The maximum Gasteiger partial charge on any atom is 0.179 e. The SMILES string of the molecule is Cn1ncc(CNc2ccc3c(c2)S(=O)(=O)CC3)c1C1CC1. The second kappa shape index (κ2) is 4.84. The van der Waals surface area contributed by atoms with Crippen LogP contribution in [-0.4, -0.2) is 24.0 Å². The molecule has 1 aromatic heterocycles. The first-order chi connectivity index (χ1) is 10.5. The number of aromatic nitrogens is 2. The number of benzene rings is 1. The number of nitrogens with zero attached hydrogens (tertiary/aromatic N) is 2. The van der Waals surface area contributed by atoms with Gasteiger partial charge in [0.25, 0.3) is 0 Å². The fourth-order valence-electron chi connectivity index (χ4n) is 3.22. The van der Waals surface area contributed by atoms with Gasteiger partial charge in [-0.05, 0) is 37.0 Å². The Balaban J connectivity index is 1.56. The summed E-state index contributed by atoms with van der Waals surface area (Å²) in [5, 5.41) is 7.70. The fraction of sp³-hybridized carbons (Fsp3) is 0.438. The van der Waals surface area contributed by atoms with E-state index in [1.54, 1.807) is 6.07 Å². The van der Waals surface area contributed by atoms with Crippen molar-refractivity contribution < 1.29 is 8.42 Å². The number of anilines is 1. The van der Waals surface area contributed by atoms with E-state index in [1.807, 2.05) is 30.1 Å². The van der Waals surface area contributed by atoms with E-state index in [9.17, 15) is 8.42 Å². The van der Waals surface area contributed by atoms with E-state index in [0.717, 1.165) is 11.3 Å². The monoisotopic (exact) mass is 317 g/mol. The Labute approximate surface area is 130 Å². The van der Waals surface area contributed by atoms with Crippen molar-refractivity contribution in [3.63, 3.8) is 0 Å². The molecule has 2 aliphatic rings. The normalized spacial score (nSPS) is 19.1. The van der Waals surface area contributed by atoms with Crippen LogP contribution >= 0.6 is 0 Å². The summed E-state index contributed by atoms with van der Waals surface area (Å²) in [5.41, 5.74) is 4.30. The first-order valence-corrected chi connectivity index (χ1v) is 9.30. The lowest BCUT2D eigenvalue weighted by molar-refractivity contribution is 0.600. The number of hydrogen-bond acceptors (Lipinski definition) is 4. The first kappa shape index (κ1) is 13.8. The van der Waals surface area contributed by atoms with Gasteiger partial charge in [-0.2, -0.15) is 5.10 Å². The average Bonchev–Trinajstić information content (AvgIpc) is 3.20. The molecule has 6 heteroatoms. The molecule has 0 unspecified atom stereocenters. The van der Waals surface area contributed by atoms with Crippen LogP contribution in [0, 0.1) is 0 Å². The maximum atomic E-state index is 12.0. The third kappa shape index (κ3) is 2.31. The van der Waals surface area contributed by atoms with Gasteiger partial charge in [-0.25, -0.2) is 8.42 Å². The van der Waals surface area contributed by atoms with Crippen LogP contribution in [-0.2, 0) is 29.9 Å². The molecular formula is C16H19N3O2S. The molecule has 2 aromatic rings. The summed E-state index contributed by atoms with van der Waals surface area (Å²) in [6.45, 7) is 0.679. The van der Waals surface area contributed by atoms with Crippen molar-refractivity contribution in [3.05, 3.63) is 41.2 Å². The lowest BCUT2D eigenvalue weighted by atomic mass is 10.1. The zero-order chi connectivity index (χ0) is 15.3. The highest BCUT2D eigenvalue weighted by atomic mass is 32.2. The second-order valence-electron chi connectivity index (χ2n) is 6.20. The molecule has 0 spiro atoms. The predicted molar refractivity (Wildman–Crippen MR) is 84.7 cm³/mol. The van der Waals surface area contributed by atoms with E-state index in [4.69, 9.17) is 0 Å². The van der Waals surface area contributed by atoms with Crippen LogP contribution < -0.4 is 5.32 Å². The number of nitrogens with one attached hydrogen (secondary N) is 1. The average molecular weight is 317 g/mol. The quantitative estimate of drug-likeness (QED) is 0.939. The van der Waals surface area contributed by atoms with Crippen molar-refractivity contribution in [3.8, 4) is 0 Å². The molecule has 0 radical (unpaired) electrons. The van der Waals surface area contributed by atoms with Gasteiger partial charge in [0.2, 0.25) is 0 Å². The number of fused-ring (bicyclic) bond motifs is 1. The molecule has 116 valence electrons. The Morgan fingerprint density at radius 2 is 2.18 bits per heavy atom. The van der Waals surface area contributed by atoms with E-state index in [1.165, 1.54) is 24.1 Å². The van der Waals surface area contributed by atoms with Crippen molar-refractivity contribution in [2.45, 2.75) is 36.6 Å². The highest BCUT2D eigenvalue weighted by Crippen LogP contribution is 2.41. The van der Waals surface area contributed by atoms with Gasteiger partial charge in [0.1, 0.15) is 0 Å². The molecule has 1 N–H and O–H groups in total. The van der Waals surface area contributed by atoms with Crippen LogP contribution in [0.4, 0.5) is 5.69 Å². The molecular weight excluding hydrogens is 298 g/mol. The van der Waals surface area contributed by atoms with Gasteiger partial charge in [0.15, 0.2) is 9.84 Å². The Hall–Kier alpha value is -1.82. The molecule has 1 fully saturated rings. The van der Waals surface area contributed by atoms with Gasteiger partial charge in [-0.15, -0.1) is 0 Å². The molecule has 0 amide bonds. The van der Waals surface area contributed by atoms with Crippen molar-refractivity contribution in [1.29, 1.82) is 0 Å². The van der Waals surface area contributed by atoms with E-state index in [0.29, 0.717) is 23.8 Å². The minimum atomic E-state index is -3.07. The summed E-state index contributed by atoms with van der Waals surface area (Å²) in [7, 11) is -1.09. The zero-order valence-electron chi connectivity index (χ0n) is 12.5. The minimum absolute atomic E-state index is 0.236. The largest absolute Gasteiger partial charge is 0.381 e. The van der Waals surface area contributed by atoms with Crippen LogP contribution in [0.5, 0.6) is 0 Å². The number of hydrogen-bond donors (Lipinski definition) is 1. The van der Waals surface area contributed by atoms with E-state index in [-0.39, 0.29) is 5.75 Å². The lowest BCUT2D eigenvalue weighted by Gasteiger charge is -2.09. The predicted octanol–water partition coefficient (Wildman–Crippen LogP) is 2.24. The van der Waals surface area contributed by atoms with Gasteiger partial charge < -0.3 is 5.32 Å². The number of sulfone groups is 1. The molecule has 2 heterocycles. The summed E-state index contributed by atoms with van der Waals surface area (Å²) in [6.07, 6.45) is 5.02. The first-order valence-electron chi connectivity index (χ1n) is 7.65. The van der Waals surface area contributed by atoms with E-state index in [2.05, 4.69) is 10.4 Å².